The number of rotatable bonds is 4. The molecule has 0 spiro atoms. The van der Waals surface area contributed by atoms with E-state index >= 15 is 0 Å². The number of benzene rings is 1. The summed E-state index contributed by atoms with van der Waals surface area (Å²) in [5.41, 5.74) is 0.794. The van der Waals surface area contributed by atoms with E-state index in [1.165, 1.54) is 12.1 Å². The highest BCUT2D eigenvalue weighted by atomic mass is 32.2. The summed E-state index contributed by atoms with van der Waals surface area (Å²) in [6.45, 7) is 0.439. The molecule has 1 aromatic carbocycles. The van der Waals surface area contributed by atoms with Gasteiger partial charge in [0.15, 0.2) is 0 Å². The highest BCUT2D eigenvalue weighted by Crippen LogP contribution is 2.24. The fourth-order valence-electron chi connectivity index (χ4n) is 4.00. The van der Waals surface area contributed by atoms with E-state index in [0.29, 0.717) is 25.8 Å². The number of hydrogen-bond donors (Lipinski definition) is 3. The highest BCUT2D eigenvalue weighted by molar-refractivity contribution is 7.99. The van der Waals surface area contributed by atoms with E-state index in [1.54, 1.807) is 28.8 Å². The number of halogens is 1. The summed E-state index contributed by atoms with van der Waals surface area (Å²) in [6.07, 6.45) is 1.39. The van der Waals surface area contributed by atoms with Gasteiger partial charge in [-0.15, -0.1) is 11.8 Å². The molecule has 3 amide bonds. The minimum absolute atomic E-state index is 0.0415. The Morgan fingerprint density at radius 1 is 1.29 bits per heavy atom. The number of amides is 3. The smallest absolute Gasteiger partial charge is 0.246 e. The molecular weight excluding hydrogens is 383 g/mol. The van der Waals surface area contributed by atoms with Gasteiger partial charge in [-0.05, 0) is 30.5 Å². The van der Waals surface area contributed by atoms with Crippen molar-refractivity contribution >= 4 is 29.5 Å². The minimum atomic E-state index is -0.639. The van der Waals surface area contributed by atoms with Crippen LogP contribution in [-0.2, 0) is 20.8 Å². The third kappa shape index (κ3) is 4.00. The minimum Gasteiger partial charge on any atom is -0.352 e. The number of piperidine rings is 1. The fourth-order valence-corrected chi connectivity index (χ4v) is 4.94. The Labute approximate surface area is 166 Å². The second-order valence-corrected chi connectivity index (χ2v) is 8.47. The van der Waals surface area contributed by atoms with E-state index in [0.717, 1.165) is 17.2 Å². The maximum Gasteiger partial charge on any atom is 0.246 e. The SMILES string of the molecule is O=C(NC1CCN2C(=O)C(Cc3ccc(F)cc3)NC(=O)C2C1)C1CSCN1. The number of thioether (sulfide) groups is 1. The van der Waals surface area contributed by atoms with Crippen LogP contribution in [-0.4, -0.2) is 65.0 Å². The Hall–Kier alpha value is -2.13. The van der Waals surface area contributed by atoms with Gasteiger partial charge in [-0.25, -0.2) is 4.39 Å². The average Bonchev–Trinajstić information content (AvgIpc) is 3.23. The Balaban J connectivity index is 1.37. The van der Waals surface area contributed by atoms with Crippen LogP contribution in [0.4, 0.5) is 4.39 Å². The first kappa shape index (κ1) is 19.2. The van der Waals surface area contributed by atoms with Crippen LogP contribution in [0.5, 0.6) is 0 Å². The molecule has 3 heterocycles. The van der Waals surface area contributed by atoms with Crippen molar-refractivity contribution in [2.24, 2.45) is 0 Å². The second-order valence-electron chi connectivity index (χ2n) is 7.44. The molecule has 0 radical (unpaired) electrons. The van der Waals surface area contributed by atoms with E-state index in [2.05, 4.69) is 16.0 Å². The zero-order chi connectivity index (χ0) is 19.7. The first-order valence-corrected chi connectivity index (χ1v) is 10.6. The van der Waals surface area contributed by atoms with Crippen molar-refractivity contribution < 1.29 is 18.8 Å². The van der Waals surface area contributed by atoms with Crippen LogP contribution < -0.4 is 16.0 Å². The number of nitrogens with one attached hydrogen (secondary N) is 3. The first-order chi connectivity index (χ1) is 13.5. The highest BCUT2D eigenvalue weighted by Gasteiger charge is 2.44. The lowest BCUT2D eigenvalue weighted by atomic mass is 9.91. The topological polar surface area (TPSA) is 90.5 Å². The summed E-state index contributed by atoms with van der Waals surface area (Å²) >= 11 is 1.68. The second kappa shape index (κ2) is 8.08. The average molecular weight is 406 g/mol. The van der Waals surface area contributed by atoms with Crippen LogP contribution in [0.2, 0.25) is 0 Å². The summed E-state index contributed by atoms with van der Waals surface area (Å²) in [5, 5.41) is 8.96. The molecule has 0 aromatic heterocycles. The van der Waals surface area contributed by atoms with E-state index < -0.39 is 12.1 Å². The molecule has 7 nitrogen and oxygen atoms in total. The largest absolute Gasteiger partial charge is 0.352 e. The molecule has 28 heavy (non-hydrogen) atoms. The number of carbonyl (C=O) groups is 3. The molecule has 3 fully saturated rings. The molecule has 0 saturated carbocycles. The van der Waals surface area contributed by atoms with Crippen LogP contribution in [0.15, 0.2) is 24.3 Å². The number of hydrogen-bond acceptors (Lipinski definition) is 5. The summed E-state index contributed by atoms with van der Waals surface area (Å²) < 4.78 is 13.1. The number of carbonyl (C=O) groups excluding carboxylic acids is 3. The van der Waals surface area contributed by atoms with E-state index in [4.69, 9.17) is 0 Å². The molecule has 0 aliphatic carbocycles. The Kier molecular flexibility index (Phi) is 5.54. The number of nitrogens with zero attached hydrogens (tertiary/aromatic N) is 1. The fraction of sp³-hybridized carbons (Fsp3) is 0.526. The molecule has 150 valence electrons. The molecule has 3 aliphatic heterocycles. The molecule has 1 aromatic rings. The van der Waals surface area contributed by atoms with Crippen LogP contribution >= 0.6 is 11.8 Å². The molecule has 3 saturated heterocycles. The quantitative estimate of drug-likeness (QED) is 0.655. The third-order valence-electron chi connectivity index (χ3n) is 5.54. The van der Waals surface area contributed by atoms with Crippen LogP contribution in [0.1, 0.15) is 18.4 Å². The molecular formula is C19H23FN4O3S. The van der Waals surface area contributed by atoms with Gasteiger partial charge in [-0.2, -0.15) is 0 Å². The molecule has 4 rings (SSSR count). The van der Waals surface area contributed by atoms with Gasteiger partial charge < -0.3 is 15.5 Å². The zero-order valence-electron chi connectivity index (χ0n) is 15.3. The van der Waals surface area contributed by atoms with Crippen LogP contribution in [0.25, 0.3) is 0 Å². The van der Waals surface area contributed by atoms with Gasteiger partial charge in [0, 0.05) is 30.6 Å². The van der Waals surface area contributed by atoms with Gasteiger partial charge >= 0.3 is 0 Å². The summed E-state index contributed by atoms with van der Waals surface area (Å²) in [5.74, 6) is 0.829. The van der Waals surface area contributed by atoms with Crippen molar-refractivity contribution in [2.75, 3.05) is 18.2 Å². The lowest BCUT2D eigenvalue weighted by Gasteiger charge is -2.44. The molecule has 3 N–H and O–H groups in total. The predicted molar refractivity (Wildman–Crippen MR) is 103 cm³/mol. The molecule has 3 aliphatic rings. The third-order valence-corrected chi connectivity index (χ3v) is 6.47. The molecule has 4 atom stereocenters. The van der Waals surface area contributed by atoms with E-state index in [1.807, 2.05) is 0 Å². The maximum atomic E-state index is 13.1. The van der Waals surface area contributed by atoms with Gasteiger partial charge in [0.05, 0.1) is 6.04 Å². The predicted octanol–water partition coefficient (Wildman–Crippen LogP) is 0.00490. The van der Waals surface area contributed by atoms with E-state index in [9.17, 15) is 18.8 Å². The van der Waals surface area contributed by atoms with Crippen molar-refractivity contribution in [3.8, 4) is 0 Å². The lowest BCUT2D eigenvalue weighted by molar-refractivity contribution is -0.151. The number of fused-ring (bicyclic) bond motifs is 1. The van der Waals surface area contributed by atoms with Gasteiger partial charge in [0.1, 0.15) is 17.9 Å². The summed E-state index contributed by atoms with van der Waals surface area (Å²) in [6, 6.07) is 4.44. The van der Waals surface area contributed by atoms with Crippen molar-refractivity contribution in [1.29, 1.82) is 0 Å². The Morgan fingerprint density at radius 3 is 2.79 bits per heavy atom. The van der Waals surface area contributed by atoms with E-state index in [-0.39, 0.29) is 35.6 Å². The van der Waals surface area contributed by atoms with Crippen molar-refractivity contribution in [3.63, 3.8) is 0 Å². The van der Waals surface area contributed by atoms with Gasteiger partial charge in [0.2, 0.25) is 17.7 Å². The van der Waals surface area contributed by atoms with Crippen molar-refractivity contribution in [3.05, 3.63) is 35.6 Å². The first-order valence-electron chi connectivity index (χ1n) is 9.48. The van der Waals surface area contributed by atoms with Crippen LogP contribution in [0, 0.1) is 5.82 Å². The van der Waals surface area contributed by atoms with Gasteiger partial charge in [0.25, 0.3) is 0 Å². The zero-order valence-corrected chi connectivity index (χ0v) is 16.1. The maximum absolute atomic E-state index is 13.1. The molecule has 4 unspecified atom stereocenters. The summed E-state index contributed by atoms with van der Waals surface area (Å²) in [4.78, 5) is 39.4. The standard InChI is InChI=1S/C19H23FN4O3S/c20-12-3-1-11(2-4-12)7-14-19(27)24-6-5-13(8-16(24)18(26)23-14)22-17(25)15-9-28-10-21-15/h1-4,13-16,21H,5-10H2,(H,22,25)(H,23,26). The number of piperazine rings is 1. The Bertz CT molecular complexity index is 769. The van der Waals surface area contributed by atoms with Gasteiger partial charge in [-0.3, -0.25) is 19.7 Å². The van der Waals surface area contributed by atoms with Crippen LogP contribution in [0.3, 0.4) is 0 Å². The van der Waals surface area contributed by atoms with Crippen molar-refractivity contribution in [1.82, 2.24) is 20.9 Å². The summed E-state index contributed by atoms with van der Waals surface area (Å²) in [7, 11) is 0. The monoisotopic (exact) mass is 406 g/mol. The Morgan fingerprint density at radius 2 is 2.07 bits per heavy atom. The lowest BCUT2D eigenvalue weighted by Crippen LogP contribution is -2.67. The molecule has 0 bridgehead atoms. The molecule has 9 heteroatoms. The van der Waals surface area contributed by atoms with Gasteiger partial charge in [-0.1, -0.05) is 12.1 Å². The van der Waals surface area contributed by atoms with Crippen molar-refractivity contribution in [2.45, 2.75) is 43.4 Å². The normalized spacial score (nSPS) is 30.0.